The third kappa shape index (κ3) is 6.42. The Hall–Kier alpha value is -4.83. The zero-order valence-electron chi connectivity index (χ0n) is 28.0. The van der Waals surface area contributed by atoms with E-state index in [9.17, 15) is 14.4 Å². The summed E-state index contributed by atoms with van der Waals surface area (Å²) in [5.41, 5.74) is 5.94. The minimum absolute atomic E-state index is 0.0853. The fourth-order valence-electron chi connectivity index (χ4n) is 6.45. The summed E-state index contributed by atoms with van der Waals surface area (Å²) in [6.45, 7) is 9.17. The van der Waals surface area contributed by atoms with Crippen LogP contribution in [-0.4, -0.2) is 61.9 Å². The van der Waals surface area contributed by atoms with Gasteiger partial charge in [-0.3, -0.25) is 9.59 Å². The summed E-state index contributed by atoms with van der Waals surface area (Å²) in [5.74, 6) is 0.774. The van der Waals surface area contributed by atoms with Crippen LogP contribution in [0, 0.1) is 0 Å². The van der Waals surface area contributed by atoms with Gasteiger partial charge in [-0.25, -0.2) is 4.79 Å². The molecule has 10 heteroatoms. The number of fused-ring (bicyclic) bond motifs is 5. The first-order chi connectivity index (χ1) is 22.4. The van der Waals surface area contributed by atoms with E-state index in [1.54, 1.807) is 12.3 Å². The highest BCUT2D eigenvalue weighted by Gasteiger charge is 2.30. The first-order valence-corrected chi connectivity index (χ1v) is 16.2. The van der Waals surface area contributed by atoms with Gasteiger partial charge in [-0.15, -0.1) is 0 Å². The number of likely N-dealkylation sites (N-methyl/N-ethyl adjacent to an activating group) is 1. The highest BCUT2D eigenvalue weighted by atomic mass is 16.6. The molecule has 6 rings (SSSR count). The average Bonchev–Trinajstić information content (AvgIpc) is 3.37. The molecule has 0 saturated heterocycles. The first kappa shape index (κ1) is 32.1. The number of hydrogen-bond donors (Lipinski definition) is 3. The summed E-state index contributed by atoms with van der Waals surface area (Å²) in [6, 6.07) is 15.9. The quantitative estimate of drug-likeness (QED) is 0.164. The zero-order chi connectivity index (χ0) is 33.5. The largest absolute Gasteiger partial charge is 0.451 e. The van der Waals surface area contributed by atoms with Gasteiger partial charge in [-0.05, 0) is 107 Å². The van der Waals surface area contributed by atoms with Crippen LogP contribution in [0.25, 0.3) is 27.7 Å². The monoisotopic (exact) mass is 637 g/mol. The number of benzene rings is 3. The summed E-state index contributed by atoms with van der Waals surface area (Å²) in [5, 5.41) is 9.35. The van der Waals surface area contributed by atoms with E-state index in [1.807, 2.05) is 69.5 Å². The van der Waals surface area contributed by atoms with Crippen molar-refractivity contribution >= 4 is 28.6 Å². The number of anilines is 1. The second kappa shape index (κ2) is 12.8. The molecular formula is C37H43N5O5. The maximum absolute atomic E-state index is 13.9. The molecule has 1 aromatic heterocycles. The maximum atomic E-state index is 13.9. The molecule has 3 aromatic carbocycles. The fraction of sp³-hybridized carbons (Fsp3) is 0.378. The lowest BCUT2D eigenvalue weighted by Gasteiger charge is -2.31. The van der Waals surface area contributed by atoms with Crippen molar-refractivity contribution in [2.24, 2.45) is 0 Å². The minimum Gasteiger partial charge on any atom is -0.451 e. The number of ether oxygens (including phenoxy) is 2. The van der Waals surface area contributed by atoms with Crippen molar-refractivity contribution in [2.75, 3.05) is 38.6 Å². The van der Waals surface area contributed by atoms with Crippen molar-refractivity contribution in [1.29, 1.82) is 0 Å². The van der Waals surface area contributed by atoms with Crippen molar-refractivity contribution in [3.05, 3.63) is 81.6 Å². The molecule has 0 saturated carbocycles. The van der Waals surface area contributed by atoms with Crippen molar-refractivity contribution in [3.8, 4) is 28.3 Å². The normalized spacial score (nSPS) is 13.2. The fourth-order valence-corrected chi connectivity index (χ4v) is 6.45. The molecule has 2 heterocycles. The van der Waals surface area contributed by atoms with Gasteiger partial charge in [0.1, 0.15) is 16.7 Å². The lowest BCUT2D eigenvalue weighted by molar-refractivity contribution is 0.0510. The summed E-state index contributed by atoms with van der Waals surface area (Å²) in [6.07, 6.45) is 3.69. The number of rotatable bonds is 10. The SMILES string of the molecule is CNCCCCNC(=O)c1cn2c3c(c(N(C)CC(C)NC(=O)OC(C)(C)C)ccc3c1=O)Oc1cc3c(cc1-2)-c1ccccc1C3. The number of alkyl carbamates (subject to hydrolysis) is 1. The van der Waals surface area contributed by atoms with Gasteiger partial charge in [0.25, 0.3) is 5.91 Å². The van der Waals surface area contributed by atoms with E-state index < -0.39 is 17.6 Å². The van der Waals surface area contributed by atoms with E-state index in [-0.39, 0.29) is 17.0 Å². The van der Waals surface area contributed by atoms with E-state index in [1.165, 1.54) is 11.1 Å². The average molecular weight is 638 g/mol. The number of carbonyl (C=O) groups excluding carboxylic acids is 2. The van der Waals surface area contributed by atoms with E-state index in [2.05, 4.69) is 40.2 Å². The number of pyridine rings is 1. The lowest BCUT2D eigenvalue weighted by atomic mass is 10.0. The smallest absolute Gasteiger partial charge is 0.407 e. The van der Waals surface area contributed by atoms with Gasteiger partial charge in [0.2, 0.25) is 5.43 Å². The topological polar surface area (TPSA) is 114 Å². The molecule has 0 spiro atoms. The molecule has 2 aliphatic rings. The molecule has 10 nitrogen and oxygen atoms in total. The molecule has 4 aromatic rings. The molecule has 2 amide bonds. The van der Waals surface area contributed by atoms with Crippen LogP contribution < -0.4 is 31.0 Å². The summed E-state index contributed by atoms with van der Waals surface area (Å²) in [4.78, 5) is 41.7. The Bertz CT molecular complexity index is 1930. The van der Waals surface area contributed by atoms with Gasteiger partial charge >= 0.3 is 6.09 Å². The Morgan fingerprint density at radius 1 is 1.04 bits per heavy atom. The van der Waals surface area contributed by atoms with Crippen LogP contribution in [0.2, 0.25) is 0 Å². The summed E-state index contributed by atoms with van der Waals surface area (Å²) < 4.78 is 14.1. The molecule has 0 radical (unpaired) electrons. The summed E-state index contributed by atoms with van der Waals surface area (Å²) >= 11 is 0. The number of amides is 2. The minimum atomic E-state index is -0.604. The zero-order valence-corrected chi connectivity index (χ0v) is 28.0. The molecule has 47 heavy (non-hydrogen) atoms. The van der Waals surface area contributed by atoms with Crippen LogP contribution in [-0.2, 0) is 11.2 Å². The molecule has 1 unspecified atom stereocenters. The molecule has 3 N–H and O–H groups in total. The van der Waals surface area contributed by atoms with Crippen LogP contribution in [0.15, 0.2) is 59.5 Å². The van der Waals surface area contributed by atoms with Crippen LogP contribution in [0.5, 0.6) is 11.5 Å². The number of aromatic nitrogens is 1. The number of carbonyl (C=O) groups is 2. The van der Waals surface area contributed by atoms with Gasteiger partial charge in [-0.1, -0.05) is 24.3 Å². The number of hydrogen-bond acceptors (Lipinski definition) is 7. The lowest BCUT2D eigenvalue weighted by Crippen LogP contribution is -2.43. The Balaban J connectivity index is 1.41. The van der Waals surface area contributed by atoms with Crippen molar-refractivity contribution in [1.82, 2.24) is 20.5 Å². The summed E-state index contributed by atoms with van der Waals surface area (Å²) in [7, 11) is 3.82. The molecule has 0 fully saturated rings. The van der Waals surface area contributed by atoms with Gasteiger partial charge in [-0.2, -0.15) is 0 Å². The van der Waals surface area contributed by atoms with Crippen molar-refractivity contribution in [3.63, 3.8) is 0 Å². The van der Waals surface area contributed by atoms with Gasteiger partial charge in [0.05, 0.1) is 16.8 Å². The van der Waals surface area contributed by atoms with Crippen LogP contribution in [0.4, 0.5) is 10.5 Å². The first-order valence-electron chi connectivity index (χ1n) is 16.2. The van der Waals surface area contributed by atoms with Crippen LogP contribution in [0.1, 0.15) is 62.0 Å². The number of unbranched alkanes of at least 4 members (excludes halogenated alkanes) is 1. The van der Waals surface area contributed by atoms with Crippen molar-refractivity contribution in [2.45, 2.75) is 58.6 Å². The van der Waals surface area contributed by atoms with Crippen LogP contribution >= 0.6 is 0 Å². The third-order valence-corrected chi connectivity index (χ3v) is 8.55. The van der Waals surface area contributed by atoms with Gasteiger partial charge in [0.15, 0.2) is 11.5 Å². The Labute approximate surface area is 275 Å². The molecule has 1 aliphatic carbocycles. The predicted molar refractivity (Wildman–Crippen MR) is 185 cm³/mol. The van der Waals surface area contributed by atoms with E-state index in [0.717, 1.165) is 48.3 Å². The Morgan fingerprint density at radius 2 is 1.81 bits per heavy atom. The standard InChI is InChI=1S/C37H43N5O5/c1-22(40-36(45)47-37(2,3)4)20-41(6)29-14-13-26-32-34(29)46-31-18-24-17-23-11-7-8-12-25(23)27(24)19-30(31)42(32)21-28(33(26)43)35(44)39-16-10-9-15-38-5/h7-8,11-14,18-19,21-22,38H,9-10,15-17,20H2,1-6H3,(H,39,44)(H,40,45). The van der Waals surface area contributed by atoms with E-state index >= 15 is 0 Å². The van der Waals surface area contributed by atoms with Crippen LogP contribution in [0.3, 0.4) is 0 Å². The Morgan fingerprint density at radius 3 is 2.57 bits per heavy atom. The molecule has 246 valence electrons. The third-order valence-electron chi connectivity index (χ3n) is 8.55. The van der Waals surface area contributed by atoms with Crippen molar-refractivity contribution < 1.29 is 19.1 Å². The number of nitrogens with zero attached hydrogens (tertiary/aromatic N) is 2. The molecular weight excluding hydrogens is 594 g/mol. The highest BCUT2D eigenvalue weighted by Crippen LogP contribution is 2.48. The molecule has 1 atom stereocenters. The number of nitrogens with one attached hydrogen (secondary N) is 3. The second-order valence-electron chi connectivity index (χ2n) is 13.5. The molecule has 1 aliphatic heterocycles. The molecule has 0 bridgehead atoms. The highest BCUT2D eigenvalue weighted by molar-refractivity contribution is 6.01. The van der Waals surface area contributed by atoms with Gasteiger partial charge < -0.3 is 34.9 Å². The Kier molecular flexibility index (Phi) is 8.72. The second-order valence-corrected chi connectivity index (χ2v) is 13.5. The van der Waals surface area contributed by atoms with E-state index in [4.69, 9.17) is 9.47 Å². The van der Waals surface area contributed by atoms with Gasteiger partial charge in [0, 0.05) is 32.4 Å². The van der Waals surface area contributed by atoms with E-state index in [0.29, 0.717) is 35.5 Å². The maximum Gasteiger partial charge on any atom is 0.407 e. The predicted octanol–water partition coefficient (Wildman–Crippen LogP) is 5.75.